The number of rotatable bonds is 4. The Morgan fingerprint density at radius 1 is 0.400 bits per heavy atom. The highest BCUT2D eigenvalue weighted by Gasteiger charge is 2.51. The van der Waals surface area contributed by atoms with Crippen LogP contribution in [0.1, 0.15) is 47.2 Å². The Bertz CT molecular complexity index is 3370. The summed E-state index contributed by atoms with van der Waals surface area (Å²) in [4.78, 5) is 2.50. The van der Waals surface area contributed by atoms with Crippen LogP contribution in [0.2, 0.25) is 0 Å². The highest BCUT2D eigenvalue weighted by molar-refractivity contribution is 6.13. The Morgan fingerprint density at radius 3 is 1.75 bits per heavy atom. The fraction of sp³-hybridized carbons (Fsp3) is 0.0690. The van der Waals surface area contributed by atoms with Gasteiger partial charge in [-0.3, -0.25) is 0 Å². The van der Waals surface area contributed by atoms with E-state index in [0.717, 1.165) is 11.4 Å². The minimum Gasteiger partial charge on any atom is -0.309 e. The Morgan fingerprint density at radius 2 is 0.967 bits per heavy atom. The van der Waals surface area contributed by atoms with Gasteiger partial charge in [0.2, 0.25) is 0 Å². The average molecular weight is 765 g/mol. The number of fused-ring (bicyclic) bond motifs is 15. The van der Waals surface area contributed by atoms with E-state index < -0.39 is 5.41 Å². The average Bonchev–Trinajstić information content (AvgIpc) is 3.89. The first-order chi connectivity index (χ1) is 29.6. The summed E-state index contributed by atoms with van der Waals surface area (Å²) in [5.41, 5.74) is 22.2. The third-order valence-electron chi connectivity index (χ3n) is 14.0. The van der Waals surface area contributed by atoms with E-state index in [1.54, 1.807) is 0 Å². The van der Waals surface area contributed by atoms with E-state index in [0.29, 0.717) is 0 Å². The molecule has 2 nitrogen and oxygen atoms in total. The number of hydrogen-bond donors (Lipinski definition) is 0. The highest BCUT2D eigenvalue weighted by Crippen LogP contribution is 2.62. The highest BCUT2D eigenvalue weighted by atomic mass is 15.1. The van der Waals surface area contributed by atoms with Gasteiger partial charge < -0.3 is 9.47 Å². The monoisotopic (exact) mass is 764 g/mol. The molecule has 0 fully saturated rings. The van der Waals surface area contributed by atoms with Gasteiger partial charge >= 0.3 is 0 Å². The van der Waals surface area contributed by atoms with Crippen LogP contribution in [0.5, 0.6) is 0 Å². The normalized spacial score (nSPS) is 14.4. The summed E-state index contributed by atoms with van der Waals surface area (Å²) in [6.45, 7) is 4.73. The van der Waals surface area contributed by atoms with Crippen molar-refractivity contribution in [3.05, 3.63) is 240 Å². The molecule has 0 N–H and O–H groups in total. The Hall–Kier alpha value is -7.42. The zero-order chi connectivity index (χ0) is 39.7. The molecule has 0 atom stereocenters. The van der Waals surface area contributed by atoms with E-state index in [4.69, 9.17) is 0 Å². The van der Waals surface area contributed by atoms with Crippen LogP contribution in [0.15, 0.2) is 206 Å². The molecular weight excluding hydrogens is 725 g/mol. The molecule has 13 rings (SSSR count). The zero-order valence-corrected chi connectivity index (χ0v) is 33.5. The van der Waals surface area contributed by atoms with Crippen molar-refractivity contribution in [2.45, 2.75) is 24.7 Å². The number of benzene rings is 9. The van der Waals surface area contributed by atoms with Crippen molar-refractivity contribution >= 4 is 38.9 Å². The number of hydrogen-bond acceptors (Lipinski definition) is 1. The van der Waals surface area contributed by atoms with Gasteiger partial charge in [0.05, 0.1) is 33.5 Å². The van der Waals surface area contributed by atoms with Crippen LogP contribution in [-0.2, 0) is 10.8 Å². The molecule has 282 valence electrons. The van der Waals surface area contributed by atoms with E-state index in [-0.39, 0.29) is 5.41 Å². The summed E-state index contributed by atoms with van der Waals surface area (Å²) in [6, 6.07) is 77.2. The molecule has 0 radical (unpaired) electrons. The Labute approximate surface area is 350 Å². The van der Waals surface area contributed by atoms with E-state index in [2.05, 4.69) is 230 Å². The summed E-state index contributed by atoms with van der Waals surface area (Å²) < 4.78 is 2.54. The molecule has 10 aromatic rings. The molecule has 2 aliphatic carbocycles. The molecule has 2 heterocycles. The summed E-state index contributed by atoms with van der Waals surface area (Å²) in [6.07, 6.45) is 0. The van der Waals surface area contributed by atoms with Gasteiger partial charge in [-0.2, -0.15) is 0 Å². The van der Waals surface area contributed by atoms with Crippen molar-refractivity contribution < 1.29 is 0 Å². The van der Waals surface area contributed by atoms with Crippen LogP contribution in [-0.4, -0.2) is 4.57 Å². The van der Waals surface area contributed by atoms with E-state index in [1.807, 2.05) is 0 Å². The Kier molecular flexibility index (Phi) is 6.74. The molecular formula is C58H40N2. The van der Waals surface area contributed by atoms with Gasteiger partial charge in [0, 0.05) is 33.0 Å². The van der Waals surface area contributed by atoms with Gasteiger partial charge in [0.1, 0.15) is 0 Å². The smallest absolute Gasteiger partial charge is 0.0754 e. The molecule has 1 aromatic heterocycles. The minimum atomic E-state index is -0.522. The van der Waals surface area contributed by atoms with Crippen molar-refractivity contribution in [3.8, 4) is 39.1 Å². The van der Waals surface area contributed by atoms with E-state index in [1.165, 1.54) is 99.9 Å². The van der Waals surface area contributed by atoms with Crippen LogP contribution in [0, 0.1) is 0 Å². The lowest BCUT2D eigenvalue weighted by Crippen LogP contribution is -2.33. The third-order valence-corrected chi connectivity index (χ3v) is 14.0. The number of aromatic nitrogens is 1. The van der Waals surface area contributed by atoms with Crippen LogP contribution in [0.25, 0.3) is 60.9 Å². The zero-order valence-electron chi connectivity index (χ0n) is 33.5. The van der Waals surface area contributed by atoms with Crippen molar-refractivity contribution in [2.75, 3.05) is 4.90 Å². The molecule has 0 amide bonds. The maximum absolute atomic E-state index is 2.54. The van der Waals surface area contributed by atoms with Crippen LogP contribution < -0.4 is 4.90 Å². The molecule has 3 aliphatic rings. The quantitative estimate of drug-likeness (QED) is 0.173. The predicted molar refractivity (Wildman–Crippen MR) is 249 cm³/mol. The minimum absolute atomic E-state index is 0.116. The molecule has 1 aliphatic heterocycles. The fourth-order valence-electron chi connectivity index (χ4n) is 11.6. The van der Waals surface area contributed by atoms with Crippen LogP contribution in [0.4, 0.5) is 17.1 Å². The van der Waals surface area contributed by atoms with Crippen molar-refractivity contribution in [1.29, 1.82) is 0 Å². The predicted octanol–water partition coefficient (Wildman–Crippen LogP) is 14.9. The van der Waals surface area contributed by atoms with Crippen molar-refractivity contribution in [2.24, 2.45) is 0 Å². The molecule has 60 heavy (non-hydrogen) atoms. The molecule has 0 unspecified atom stereocenters. The molecule has 9 aromatic carbocycles. The van der Waals surface area contributed by atoms with E-state index in [9.17, 15) is 0 Å². The summed E-state index contributed by atoms with van der Waals surface area (Å²) >= 11 is 0. The second-order valence-electron chi connectivity index (χ2n) is 17.2. The summed E-state index contributed by atoms with van der Waals surface area (Å²) in [5.74, 6) is 0. The van der Waals surface area contributed by atoms with Crippen molar-refractivity contribution in [3.63, 3.8) is 0 Å². The number of para-hydroxylation sites is 4. The largest absolute Gasteiger partial charge is 0.309 e. The molecule has 2 heteroatoms. The van der Waals surface area contributed by atoms with Gasteiger partial charge in [-0.05, 0) is 98.1 Å². The third kappa shape index (κ3) is 4.17. The van der Waals surface area contributed by atoms with Crippen molar-refractivity contribution in [1.82, 2.24) is 4.57 Å². The maximum atomic E-state index is 2.54. The van der Waals surface area contributed by atoms with Gasteiger partial charge in [-0.15, -0.1) is 0 Å². The lowest BCUT2D eigenvalue weighted by molar-refractivity contribution is 0.660. The van der Waals surface area contributed by atoms with Gasteiger partial charge in [0.25, 0.3) is 0 Å². The molecule has 1 spiro atoms. The number of nitrogens with zero attached hydrogens (tertiary/aromatic N) is 2. The first kappa shape index (κ1) is 33.5. The SMILES string of the molecule is CC1(C)c2ccccc2-c2c(N(c3ccccc3)c3ccccc3-c3ccc4c(c3)C3(c5ccccc5-c5ccccc53)c3cccc5c6ccccc6n-4c35)cccc21. The second kappa shape index (κ2) is 12.1. The topological polar surface area (TPSA) is 8.17 Å². The Balaban J connectivity index is 1.12. The lowest BCUT2D eigenvalue weighted by atomic mass is 9.65. The fourth-order valence-corrected chi connectivity index (χ4v) is 11.6. The summed E-state index contributed by atoms with van der Waals surface area (Å²) in [7, 11) is 0. The second-order valence-corrected chi connectivity index (χ2v) is 17.2. The molecule has 0 bridgehead atoms. The first-order valence-electron chi connectivity index (χ1n) is 21.1. The van der Waals surface area contributed by atoms with Crippen LogP contribution >= 0.6 is 0 Å². The van der Waals surface area contributed by atoms with E-state index >= 15 is 0 Å². The number of anilines is 3. The standard InChI is InChI=1S/C58H40N2/c1-57(2)45-26-11-8-24-44(45)55-48(57)29-17-33-54(55)59(38-18-4-3-5-19-38)51-31-14-9-20-39(51)37-34-35-53-50(36-37)58(46-27-12-6-21-40(46)41-22-7-13-28-47(41)58)49-30-16-25-43-42-23-10-15-32-52(42)60(53)56(43)49/h3-36H,1-2H3. The lowest BCUT2D eigenvalue weighted by Gasteiger charge is -2.40. The van der Waals surface area contributed by atoms with Gasteiger partial charge in [-0.1, -0.05) is 178 Å². The molecule has 0 saturated heterocycles. The molecule has 0 saturated carbocycles. The van der Waals surface area contributed by atoms with Gasteiger partial charge in [0.15, 0.2) is 0 Å². The van der Waals surface area contributed by atoms with Crippen LogP contribution in [0.3, 0.4) is 0 Å². The summed E-state index contributed by atoms with van der Waals surface area (Å²) in [5, 5.41) is 2.58. The maximum Gasteiger partial charge on any atom is 0.0754 e. The first-order valence-corrected chi connectivity index (χ1v) is 21.1. The van der Waals surface area contributed by atoms with Gasteiger partial charge in [-0.25, -0.2) is 0 Å².